The van der Waals surface area contributed by atoms with Crippen LogP contribution in [0.3, 0.4) is 0 Å². The zero-order chi connectivity index (χ0) is 11.4. The van der Waals surface area contributed by atoms with Crippen LogP contribution in [0.2, 0.25) is 0 Å². The number of hydrogen-bond acceptors (Lipinski definition) is 2. The predicted molar refractivity (Wildman–Crippen MR) is 63.8 cm³/mol. The third kappa shape index (κ3) is 2.69. The zero-order valence-corrected chi connectivity index (χ0v) is 9.19. The molecule has 2 radical (unpaired) electrons. The molecular weight excluding hydrogens is 187 g/mol. The highest BCUT2D eigenvalue weighted by Gasteiger charge is 2.05. The van der Waals surface area contributed by atoms with Crippen LogP contribution in [0.4, 0.5) is 5.69 Å². The highest BCUT2D eigenvalue weighted by molar-refractivity contribution is 6.34. The zero-order valence-electron chi connectivity index (χ0n) is 9.19. The second-order valence-electron chi connectivity index (χ2n) is 3.54. The van der Waals surface area contributed by atoms with Crippen molar-refractivity contribution in [2.45, 2.75) is 6.92 Å². The fourth-order valence-corrected chi connectivity index (χ4v) is 1.17. The summed E-state index contributed by atoms with van der Waals surface area (Å²) in [6.45, 7) is 1.81. The van der Waals surface area contributed by atoms with Crippen molar-refractivity contribution in [1.29, 1.82) is 0 Å². The Morgan fingerprint density at radius 3 is 2.60 bits per heavy atom. The number of nitrogens with zero attached hydrogens (tertiary/aromatic N) is 2. The van der Waals surface area contributed by atoms with Gasteiger partial charge in [0.15, 0.2) is 6.29 Å². The number of benzene rings is 1. The molecular formula is C11H13BN2O. The van der Waals surface area contributed by atoms with Gasteiger partial charge in [-0.25, -0.2) is 4.99 Å². The first kappa shape index (κ1) is 11.5. The Bertz CT molecular complexity index is 400. The van der Waals surface area contributed by atoms with Crippen LogP contribution in [0.5, 0.6) is 0 Å². The number of carbonyl (C=O) groups excluding carboxylic acids is 1. The summed E-state index contributed by atoms with van der Waals surface area (Å²) >= 11 is 0. The maximum absolute atomic E-state index is 10.9. The Kier molecular flexibility index (Phi) is 3.66. The largest absolute Gasteiger partial charge is 0.369 e. The van der Waals surface area contributed by atoms with Gasteiger partial charge in [-0.1, -0.05) is 11.5 Å². The van der Waals surface area contributed by atoms with Crippen LogP contribution in [0, 0.1) is 6.92 Å². The van der Waals surface area contributed by atoms with Gasteiger partial charge < -0.3 is 4.90 Å². The summed E-state index contributed by atoms with van der Waals surface area (Å²) in [5.41, 5.74) is 2.58. The molecule has 0 aromatic heterocycles. The molecule has 0 fully saturated rings. The van der Waals surface area contributed by atoms with E-state index in [4.69, 9.17) is 7.85 Å². The number of rotatable bonds is 3. The van der Waals surface area contributed by atoms with Crippen molar-refractivity contribution in [2.75, 3.05) is 14.1 Å². The third-order valence-electron chi connectivity index (χ3n) is 2.08. The Labute approximate surface area is 91.2 Å². The Morgan fingerprint density at radius 2 is 2.07 bits per heavy atom. The highest BCUT2D eigenvalue weighted by atomic mass is 16.1. The van der Waals surface area contributed by atoms with E-state index >= 15 is 0 Å². The van der Waals surface area contributed by atoms with Crippen LogP contribution in [0.25, 0.3) is 0 Å². The first-order valence-corrected chi connectivity index (χ1v) is 4.61. The van der Waals surface area contributed by atoms with Gasteiger partial charge in [-0.15, -0.1) is 0 Å². The first-order chi connectivity index (χ1) is 7.06. The average Bonchev–Trinajstić information content (AvgIpc) is 2.19. The van der Waals surface area contributed by atoms with Gasteiger partial charge in [-0.2, -0.15) is 0 Å². The number of aliphatic imine (C=N–C) groups is 1. The molecule has 0 saturated carbocycles. The fourth-order valence-electron chi connectivity index (χ4n) is 1.17. The molecule has 15 heavy (non-hydrogen) atoms. The molecule has 0 spiro atoms. The molecule has 3 nitrogen and oxygen atoms in total. The molecule has 0 unspecified atom stereocenters. The lowest BCUT2D eigenvalue weighted by Gasteiger charge is -2.08. The molecule has 0 aliphatic heterocycles. The van der Waals surface area contributed by atoms with Crippen molar-refractivity contribution < 1.29 is 4.79 Å². The normalized spacial score (nSPS) is 10.6. The van der Waals surface area contributed by atoms with Crippen molar-refractivity contribution in [1.82, 2.24) is 4.90 Å². The van der Waals surface area contributed by atoms with E-state index in [0.29, 0.717) is 16.7 Å². The topological polar surface area (TPSA) is 32.7 Å². The minimum absolute atomic E-state index is 0.549. The van der Waals surface area contributed by atoms with Gasteiger partial charge in [0.25, 0.3) is 0 Å². The Hall–Kier alpha value is -1.58. The lowest BCUT2D eigenvalue weighted by atomic mass is 9.88. The van der Waals surface area contributed by atoms with E-state index < -0.39 is 0 Å². The molecule has 1 rings (SSSR count). The molecule has 4 heteroatoms. The van der Waals surface area contributed by atoms with Crippen LogP contribution in [-0.4, -0.2) is 39.5 Å². The van der Waals surface area contributed by atoms with Crippen molar-refractivity contribution in [3.05, 3.63) is 23.3 Å². The minimum atomic E-state index is 0.549. The van der Waals surface area contributed by atoms with E-state index in [1.165, 1.54) is 0 Å². The maximum atomic E-state index is 10.9. The molecule has 0 heterocycles. The van der Waals surface area contributed by atoms with Crippen LogP contribution in [0.15, 0.2) is 17.1 Å². The molecule has 0 saturated heterocycles. The quantitative estimate of drug-likeness (QED) is 0.313. The highest BCUT2D eigenvalue weighted by Crippen LogP contribution is 2.18. The molecule has 76 valence electrons. The van der Waals surface area contributed by atoms with Crippen molar-refractivity contribution in [2.24, 2.45) is 4.99 Å². The monoisotopic (exact) mass is 200 g/mol. The molecule has 1 aromatic carbocycles. The van der Waals surface area contributed by atoms with Crippen molar-refractivity contribution in [3.63, 3.8) is 0 Å². The molecule has 0 N–H and O–H groups in total. The van der Waals surface area contributed by atoms with E-state index in [9.17, 15) is 4.79 Å². The third-order valence-corrected chi connectivity index (χ3v) is 2.08. The number of hydrogen-bond donors (Lipinski definition) is 0. The number of carbonyl (C=O) groups is 1. The van der Waals surface area contributed by atoms with E-state index in [1.807, 2.05) is 21.0 Å². The molecule has 0 atom stereocenters. The second kappa shape index (κ2) is 4.78. The lowest BCUT2D eigenvalue weighted by molar-refractivity contribution is 0.112. The predicted octanol–water partition coefficient (Wildman–Crippen LogP) is 0.823. The molecule has 0 amide bonds. The SMILES string of the molecule is [B]c1ccc(N=CN(C)C)c(C=O)c1C. The van der Waals surface area contributed by atoms with E-state index in [2.05, 4.69) is 4.99 Å². The van der Waals surface area contributed by atoms with Gasteiger partial charge in [0.1, 0.15) is 7.85 Å². The Balaban J connectivity index is 3.19. The maximum Gasteiger partial charge on any atom is 0.152 e. The average molecular weight is 200 g/mol. The summed E-state index contributed by atoms with van der Waals surface area (Å²) in [4.78, 5) is 16.9. The van der Waals surface area contributed by atoms with Gasteiger partial charge in [0, 0.05) is 19.7 Å². The van der Waals surface area contributed by atoms with Gasteiger partial charge in [0.2, 0.25) is 0 Å². The van der Waals surface area contributed by atoms with Crippen LogP contribution >= 0.6 is 0 Å². The standard InChI is InChI=1S/C11H13BN2O/c1-8-9(6-15)11(5-4-10(8)12)13-7-14(2)3/h4-7H,1-3H3. The van der Waals surface area contributed by atoms with Crippen molar-refractivity contribution in [3.8, 4) is 0 Å². The minimum Gasteiger partial charge on any atom is -0.369 e. The van der Waals surface area contributed by atoms with Crippen LogP contribution in [0.1, 0.15) is 15.9 Å². The summed E-state index contributed by atoms with van der Waals surface area (Å²) in [7, 11) is 9.44. The van der Waals surface area contributed by atoms with Crippen molar-refractivity contribution >= 4 is 31.6 Å². The second-order valence-corrected chi connectivity index (χ2v) is 3.54. The van der Waals surface area contributed by atoms with Gasteiger partial charge in [0.05, 0.1) is 12.0 Å². The summed E-state index contributed by atoms with van der Waals surface area (Å²) in [5.74, 6) is 0. The molecule has 1 aromatic rings. The summed E-state index contributed by atoms with van der Waals surface area (Å²) in [6, 6.07) is 3.50. The summed E-state index contributed by atoms with van der Waals surface area (Å²) in [6.07, 6.45) is 2.44. The van der Waals surface area contributed by atoms with Gasteiger partial charge in [-0.3, -0.25) is 4.79 Å². The Morgan fingerprint density at radius 1 is 1.40 bits per heavy atom. The first-order valence-electron chi connectivity index (χ1n) is 4.61. The van der Waals surface area contributed by atoms with E-state index in [0.717, 1.165) is 11.8 Å². The smallest absolute Gasteiger partial charge is 0.152 e. The summed E-state index contributed by atoms with van der Waals surface area (Å²) in [5, 5.41) is 0. The van der Waals surface area contributed by atoms with Crippen LogP contribution < -0.4 is 5.46 Å². The number of aldehydes is 1. The molecule has 0 aliphatic rings. The summed E-state index contributed by atoms with van der Waals surface area (Å²) < 4.78 is 0. The van der Waals surface area contributed by atoms with Gasteiger partial charge in [-0.05, 0) is 18.6 Å². The van der Waals surface area contributed by atoms with E-state index in [-0.39, 0.29) is 0 Å². The molecule has 0 aliphatic carbocycles. The van der Waals surface area contributed by atoms with E-state index in [1.54, 1.807) is 23.4 Å². The van der Waals surface area contributed by atoms with Crippen LogP contribution in [-0.2, 0) is 0 Å². The molecule has 0 bridgehead atoms. The van der Waals surface area contributed by atoms with Gasteiger partial charge >= 0.3 is 0 Å². The lowest BCUT2D eigenvalue weighted by Crippen LogP contribution is -2.10. The fraction of sp³-hybridized carbons (Fsp3) is 0.273.